The van der Waals surface area contributed by atoms with Gasteiger partial charge >= 0.3 is 0 Å². The molecule has 0 rings (SSSR count). The van der Waals surface area contributed by atoms with Crippen LogP contribution in [0.2, 0.25) is 12.1 Å². The lowest BCUT2D eigenvalue weighted by Gasteiger charge is -2.18. The van der Waals surface area contributed by atoms with Gasteiger partial charge in [0.1, 0.15) is 0 Å². The van der Waals surface area contributed by atoms with Crippen molar-refractivity contribution in [3.05, 3.63) is 0 Å². The van der Waals surface area contributed by atoms with Crippen LogP contribution in [-0.2, 0) is 4.43 Å². The Morgan fingerprint density at radius 1 is 0.520 bits per heavy atom. The summed E-state index contributed by atoms with van der Waals surface area (Å²) in [7, 11) is -0.546. The molecule has 151 valence electrons. The average molecular weight is 370 g/mol. The van der Waals surface area contributed by atoms with E-state index in [9.17, 15) is 0 Å². The van der Waals surface area contributed by atoms with Crippen LogP contribution in [0.5, 0.6) is 0 Å². The summed E-state index contributed by atoms with van der Waals surface area (Å²) in [6.45, 7) is 9.02. The standard InChI is InChI=1S/C23H49OSi/c1-5-7-9-11-13-15-17-19-21-25(24-23(3)4)22-20-18-16-14-12-10-8-6-2/h23H,5-22H2,1-4H3. The fourth-order valence-electron chi connectivity index (χ4n) is 3.49. The summed E-state index contributed by atoms with van der Waals surface area (Å²) in [5.74, 6) is 0. The van der Waals surface area contributed by atoms with E-state index in [1.54, 1.807) is 0 Å². The molecule has 0 fully saturated rings. The van der Waals surface area contributed by atoms with E-state index >= 15 is 0 Å². The molecule has 0 atom stereocenters. The fourth-order valence-corrected chi connectivity index (χ4v) is 5.93. The Balaban J connectivity index is 3.58. The van der Waals surface area contributed by atoms with Gasteiger partial charge in [0.15, 0.2) is 0 Å². The van der Waals surface area contributed by atoms with Crippen molar-refractivity contribution in [2.75, 3.05) is 0 Å². The highest BCUT2D eigenvalue weighted by atomic mass is 28.3. The van der Waals surface area contributed by atoms with Crippen molar-refractivity contribution in [2.24, 2.45) is 0 Å². The molecule has 25 heavy (non-hydrogen) atoms. The zero-order valence-electron chi connectivity index (χ0n) is 18.2. The van der Waals surface area contributed by atoms with E-state index < -0.39 is 9.04 Å². The van der Waals surface area contributed by atoms with Crippen LogP contribution >= 0.6 is 0 Å². The molecule has 2 heteroatoms. The first-order valence-corrected chi connectivity index (χ1v) is 13.5. The summed E-state index contributed by atoms with van der Waals surface area (Å²) < 4.78 is 6.27. The van der Waals surface area contributed by atoms with Gasteiger partial charge in [-0.2, -0.15) is 0 Å². The number of hydrogen-bond donors (Lipinski definition) is 0. The molecule has 0 aromatic rings. The SMILES string of the molecule is CCCCCCCCCC[Si](CCCCCCCCCC)OC(C)C. The second-order valence-corrected chi connectivity index (χ2v) is 10.5. The van der Waals surface area contributed by atoms with Gasteiger partial charge in [-0.25, -0.2) is 0 Å². The first kappa shape index (κ1) is 25.2. The molecule has 1 nitrogen and oxygen atoms in total. The first-order valence-electron chi connectivity index (χ1n) is 11.7. The van der Waals surface area contributed by atoms with Gasteiger partial charge in [0.05, 0.1) is 0 Å². The minimum atomic E-state index is -0.546. The zero-order valence-corrected chi connectivity index (χ0v) is 19.2. The highest BCUT2D eigenvalue weighted by molar-refractivity contribution is 6.51. The van der Waals surface area contributed by atoms with Crippen molar-refractivity contribution < 1.29 is 4.43 Å². The average Bonchev–Trinajstić information content (AvgIpc) is 2.58. The third kappa shape index (κ3) is 20.3. The van der Waals surface area contributed by atoms with Crippen LogP contribution in [0.3, 0.4) is 0 Å². The summed E-state index contributed by atoms with van der Waals surface area (Å²) in [5.41, 5.74) is 0. The molecule has 0 saturated carbocycles. The Morgan fingerprint density at radius 2 is 0.840 bits per heavy atom. The Kier molecular flexibility index (Phi) is 20.6. The van der Waals surface area contributed by atoms with Gasteiger partial charge in [-0.05, 0) is 25.9 Å². The quantitative estimate of drug-likeness (QED) is 0.154. The van der Waals surface area contributed by atoms with E-state index in [1.165, 1.54) is 115 Å². The highest BCUT2D eigenvalue weighted by Crippen LogP contribution is 2.17. The highest BCUT2D eigenvalue weighted by Gasteiger charge is 2.14. The Hall–Kier alpha value is 0.177. The van der Waals surface area contributed by atoms with Gasteiger partial charge in [-0.15, -0.1) is 0 Å². The molecular weight excluding hydrogens is 320 g/mol. The van der Waals surface area contributed by atoms with Gasteiger partial charge < -0.3 is 4.43 Å². The van der Waals surface area contributed by atoms with E-state index in [0.717, 1.165) is 0 Å². The Morgan fingerprint density at radius 3 is 1.16 bits per heavy atom. The van der Waals surface area contributed by atoms with Gasteiger partial charge in [0.25, 0.3) is 0 Å². The molecule has 0 amide bonds. The molecule has 0 heterocycles. The molecule has 1 radical (unpaired) electrons. The molecule has 0 aromatic heterocycles. The van der Waals surface area contributed by atoms with Crippen molar-refractivity contribution in [1.82, 2.24) is 0 Å². The van der Waals surface area contributed by atoms with Crippen LogP contribution in [0.25, 0.3) is 0 Å². The first-order chi connectivity index (χ1) is 12.2. The maximum Gasteiger partial charge on any atom is 0.211 e. The largest absolute Gasteiger partial charge is 0.414 e. The maximum absolute atomic E-state index is 6.27. The van der Waals surface area contributed by atoms with Gasteiger partial charge in [-0.1, -0.05) is 117 Å². The van der Waals surface area contributed by atoms with Crippen molar-refractivity contribution in [2.45, 2.75) is 149 Å². The Labute approximate surface area is 162 Å². The second kappa shape index (κ2) is 20.5. The van der Waals surface area contributed by atoms with E-state index in [4.69, 9.17) is 4.43 Å². The van der Waals surface area contributed by atoms with Gasteiger partial charge in [0.2, 0.25) is 9.04 Å². The molecule has 0 aromatic carbocycles. The summed E-state index contributed by atoms with van der Waals surface area (Å²) in [5, 5.41) is 0. The second-order valence-electron chi connectivity index (χ2n) is 8.16. The summed E-state index contributed by atoms with van der Waals surface area (Å²) in [6, 6.07) is 2.77. The zero-order chi connectivity index (χ0) is 18.6. The fraction of sp³-hybridized carbons (Fsp3) is 1.00. The van der Waals surface area contributed by atoms with Crippen molar-refractivity contribution >= 4 is 9.04 Å². The van der Waals surface area contributed by atoms with Crippen molar-refractivity contribution in [3.63, 3.8) is 0 Å². The monoisotopic (exact) mass is 369 g/mol. The predicted octanol–water partition coefficient (Wildman–Crippen LogP) is 8.68. The van der Waals surface area contributed by atoms with Crippen LogP contribution in [0, 0.1) is 0 Å². The minimum absolute atomic E-state index is 0.428. The normalized spacial score (nSPS) is 11.8. The smallest absolute Gasteiger partial charge is 0.211 e. The third-order valence-electron chi connectivity index (χ3n) is 5.02. The lowest BCUT2D eigenvalue weighted by molar-refractivity contribution is 0.239. The molecular formula is C23H49OSi. The van der Waals surface area contributed by atoms with E-state index in [1.807, 2.05) is 0 Å². The number of unbranched alkanes of at least 4 members (excludes halogenated alkanes) is 14. The lowest BCUT2D eigenvalue weighted by atomic mass is 10.1. The van der Waals surface area contributed by atoms with E-state index in [0.29, 0.717) is 6.10 Å². The Bertz CT molecular complexity index is 222. The number of hydrogen-bond acceptors (Lipinski definition) is 1. The van der Waals surface area contributed by atoms with Crippen molar-refractivity contribution in [1.29, 1.82) is 0 Å². The van der Waals surface area contributed by atoms with Crippen LogP contribution in [0.15, 0.2) is 0 Å². The molecule has 0 aliphatic carbocycles. The molecule has 0 aliphatic rings. The molecule has 0 bridgehead atoms. The van der Waals surface area contributed by atoms with Crippen LogP contribution in [0.1, 0.15) is 130 Å². The van der Waals surface area contributed by atoms with Crippen LogP contribution < -0.4 is 0 Å². The summed E-state index contributed by atoms with van der Waals surface area (Å²) in [6.07, 6.45) is 23.2. The van der Waals surface area contributed by atoms with Gasteiger partial charge in [0, 0.05) is 6.10 Å². The van der Waals surface area contributed by atoms with Crippen LogP contribution in [-0.4, -0.2) is 15.1 Å². The van der Waals surface area contributed by atoms with Crippen LogP contribution in [0.4, 0.5) is 0 Å². The molecule has 0 spiro atoms. The molecule has 0 unspecified atom stereocenters. The van der Waals surface area contributed by atoms with E-state index in [-0.39, 0.29) is 0 Å². The van der Waals surface area contributed by atoms with Crippen molar-refractivity contribution in [3.8, 4) is 0 Å². The number of rotatable bonds is 20. The minimum Gasteiger partial charge on any atom is -0.414 e. The van der Waals surface area contributed by atoms with Gasteiger partial charge in [-0.3, -0.25) is 0 Å². The summed E-state index contributed by atoms with van der Waals surface area (Å²) >= 11 is 0. The summed E-state index contributed by atoms with van der Waals surface area (Å²) in [4.78, 5) is 0. The van der Waals surface area contributed by atoms with E-state index in [2.05, 4.69) is 27.7 Å². The molecule has 0 saturated heterocycles. The predicted molar refractivity (Wildman–Crippen MR) is 117 cm³/mol. The lowest BCUT2D eigenvalue weighted by Crippen LogP contribution is -2.22. The third-order valence-corrected chi connectivity index (χ3v) is 7.65. The maximum atomic E-state index is 6.27. The molecule has 0 aliphatic heterocycles. The molecule has 0 N–H and O–H groups in total. The topological polar surface area (TPSA) is 9.23 Å².